The Morgan fingerprint density at radius 3 is 2.56 bits per heavy atom. The highest BCUT2D eigenvalue weighted by Gasteiger charge is 2.08. The molecule has 2 aromatic heterocycles. The van der Waals surface area contributed by atoms with Gasteiger partial charge in [-0.05, 0) is 24.3 Å². The van der Waals surface area contributed by atoms with E-state index in [1.165, 1.54) is 0 Å². The topological polar surface area (TPSA) is 56.7 Å². The van der Waals surface area contributed by atoms with Crippen molar-refractivity contribution in [3.05, 3.63) is 48.8 Å². The molecular formula is C12H10N4. The number of pyridine rings is 1. The first-order valence-corrected chi connectivity index (χ1v) is 4.99. The summed E-state index contributed by atoms with van der Waals surface area (Å²) >= 11 is 0. The SMILES string of the molecule is Nc1nc2ccccc2n1-c1ccncc1. The van der Waals surface area contributed by atoms with Gasteiger partial charge in [0.2, 0.25) is 5.95 Å². The standard InChI is InChI=1S/C12H10N4/c13-12-15-10-3-1-2-4-11(10)16(12)9-5-7-14-8-6-9/h1-8H,(H2,13,15). The number of hydrogen-bond acceptors (Lipinski definition) is 3. The fourth-order valence-electron chi connectivity index (χ4n) is 1.81. The molecule has 0 atom stereocenters. The van der Waals surface area contributed by atoms with Crippen molar-refractivity contribution in [2.45, 2.75) is 0 Å². The molecule has 4 heteroatoms. The molecule has 3 rings (SSSR count). The molecule has 0 spiro atoms. The molecule has 0 aliphatic heterocycles. The molecule has 0 saturated heterocycles. The summed E-state index contributed by atoms with van der Waals surface area (Å²) in [5, 5.41) is 0. The summed E-state index contributed by atoms with van der Waals surface area (Å²) in [6.07, 6.45) is 3.48. The van der Waals surface area contributed by atoms with Crippen LogP contribution in [0.15, 0.2) is 48.8 Å². The minimum Gasteiger partial charge on any atom is -0.369 e. The number of benzene rings is 1. The lowest BCUT2D eigenvalue weighted by Crippen LogP contribution is -2.00. The van der Waals surface area contributed by atoms with E-state index in [-0.39, 0.29) is 0 Å². The molecule has 3 aromatic rings. The van der Waals surface area contributed by atoms with Crippen molar-refractivity contribution >= 4 is 17.0 Å². The maximum absolute atomic E-state index is 5.92. The van der Waals surface area contributed by atoms with Crippen LogP contribution in [0, 0.1) is 0 Å². The summed E-state index contributed by atoms with van der Waals surface area (Å²) in [5.41, 5.74) is 8.80. The fourth-order valence-corrected chi connectivity index (χ4v) is 1.81. The van der Waals surface area contributed by atoms with Gasteiger partial charge in [-0.3, -0.25) is 9.55 Å². The van der Waals surface area contributed by atoms with Gasteiger partial charge in [0.25, 0.3) is 0 Å². The van der Waals surface area contributed by atoms with E-state index in [9.17, 15) is 0 Å². The van der Waals surface area contributed by atoms with Crippen LogP contribution in [-0.4, -0.2) is 14.5 Å². The second kappa shape index (κ2) is 3.34. The predicted octanol–water partition coefficient (Wildman–Crippen LogP) is 2.00. The molecule has 0 fully saturated rings. The zero-order chi connectivity index (χ0) is 11.0. The first-order valence-electron chi connectivity index (χ1n) is 4.99. The molecule has 0 amide bonds. The minimum absolute atomic E-state index is 0.493. The van der Waals surface area contributed by atoms with Gasteiger partial charge in [-0.25, -0.2) is 4.98 Å². The van der Waals surface area contributed by atoms with E-state index < -0.39 is 0 Å². The van der Waals surface area contributed by atoms with Crippen LogP contribution < -0.4 is 5.73 Å². The fraction of sp³-hybridized carbons (Fsp3) is 0. The Balaban J connectivity index is 2.35. The van der Waals surface area contributed by atoms with Gasteiger partial charge in [-0.2, -0.15) is 0 Å². The molecule has 1 aromatic carbocycles. The molecule has 78 valence electrons. The minimum atomic E-state index is 0.493. The van der Waals surface area contributed by atoms with Crippen LogP contribution in [0.1, 0.15) is 0 Å². The molecular weight excluding hydrogens is 200 g/mol. The number of imidazole rings is 1. The number of para-hydroxylation sites is 2. The molecule has 4 nitrogen and oxygen atoms in total. The largest absolute Gasteiger partial charge is 0.369 e. The number of nitrogens with zero attached hydrogens (tertiary/aromatic N) is 3. The summed E-state index contributed by atoms with van der Waals surface area (Å²) in [7, 11) is 0. The highest BCUT2D eigenvalue weighted by atomic mass is 15.2. The third-order valence-electron chi connectivity index (χ3n) is 2.51. The second-order valence-corrected chi connectivity index (χ2v) is 3.50. The van der Waals surface area contributed by atoms with Gasteiger partial charge >= 0.3 is 0 Å². The first kappa shape index (κ1) is 8.91. The van der Waals surface area contributed by atoms with Crippen molar-refractivity contribution < 1.29 is 0 Å². The zero-order valence-corrected chi connectivity index (χ0v) is 8.54. The Kier molecular flexibility index (Phi) is 1.86. The molecule has 0 radical (unpaired) electrons. The lowest BCUT2D eigenvalue weighted by molar-refractivity contribution is 1.10. The van der Waals surface area contributed by atoms with E-state index in [1.807, 2.05) is 41.0 Å². The highest BCUT2D eigenvalue weighted by Crippen LogP contribution is 2.21. The number of nitrogen functional groups attached to an aromatic ring is 1. The lowest BCUT2D eigenvalue weighted by atomic mass is 10.3. The van der Waals surface area contributed by atoms with Gasteiger partial charge in [0.15, 0.2) is 0 Å². The Hall–Kier alpha value is -2.36. The van der Waals surface area contributed by atoms with Gasteiger partial charge < -0.3 is 5.73 Å². The Bertz CT molecular complexity index is 628. The molecule has 0 bridgehead atoms. The average Bonchev–Trinajstić information content (AvgIpc) is 2.66. The number of rotatable bonds is 1. The highest BCUT2D eigenvalue weighted by molar-refractivity contribution is 5.80. The number of fused-ring (bicyclic) bond motifs is 1. The van der Waals surface area contributed by atoms with Gasteiger partial charge in [0.05, 0.1) is 16.7 Å². The molecule has 0 saturated carbocycles. The first-order chi connectivity index (χ1) is 7.86. The van der Waals surface area contributed by atoms with Crippen LogP contribution in [-0.2, 0) is 0 Å². The van der Waals surface area contributed by atoms with Gasteiger partial charge in [0, 0.05) is 12.4 Å². The monoisotopic (exact) mass is 210 g/mol. The molecule has 2 heterocycles. The quantitative estimate of drug-likeness (QED) is 0.668. The van der Waals surface area contributed by atoms with Crippen LogP contribution >= 0.6 is 0 Å². The van der Waals surface area contributed by atoms with Crippen LogP contribution in [0.4, 0.5) is 5.95 Å². The van der Waals surface area contributed by atoms with Crippen molar-refractivity contribution in [2.75, 3.05) is 5.73 Å². The number of anilines is 1. The van der Waals surface area contributed by atoms with Crippen molar-refractivity contribution in [3.63, 3.8) is 0 Å². The van der Waals surface area contributed by atoms with Crippen LogP contribution in [0.2, 0.25) is 0 Å². The van der Waals surface area contributed by atoms with Crippen molar-refractivity contribution in [2.24, 2.45) is 0 Å². The maximum atomic E-state index is 5.92. The summed E-state index contributed by atoms with van der Waals surface area (Å²) in [6, 6.07) is 11.7. The third-order valence-corrected chi connectivity index (χ3v) is 2.51. The summed E-state index contributed by atoms with van der Waals surface area (Å²) in [6.45, 7) is 0. The summed E-state index contributed by atoms with van der Waals surface area (Å²) < 4.78 is 1.91. The Labute approximate surface area is 92.4 Å². The predicted molar refractivity (Wildman–Crippen MR) is 63.3 cm³/mol. The van der Waals surface area contributed by atoms with Gasteiger partial charge in [-0.15, -0.1) is 0 Å². The molecule has 0 unspecified atom stereocenters. The molecule has 0 aliphatic rings. The van der Waals surface area contributed by atoms with Gasteiger partial charge in [0.1, 0.15) is 0 Å². The number of aromatic nitrogens is 3. The van der Waals surface area contributed by atoms with Crippen molar-refractivity contribution in [3.8, 4) is 5.69 Å². The molecule has 0 aliphatic carbocycles. The molecule has 2 N–H and O–H groups in total. The van der Waals surface area contributed by atoms with E-state index in [4.69, 9.17) is 5.73 Å². The third kappa shape index (κ3) is 1.24. The number of nitrogens with two attached hydrogens (primary N) is 1. The smallest absolute Gasteiger partial charge is 0.205 e. The van der Waals surface area contributed by atoms with Crippen LogP contribution in [0.3, 0.4) is 0 Å². The summed E-state index contributed by atoms with van der Waals surface area (Å²) in [4.78, 5) is 8.30. The van der Waals surface area contributed by atoms with E-state index in [0.717, 1.165) is 16.7 Å². The summed E-state index contributed by atoms with van der Waals surface area (Å²) in [5.74, 6) is 0.493. The average molecular weight is 210 g/mol. The van der Waals surface area contributed by atoms with Crippen molar-refractivity contribution in [1.29, 1.82) is 0 Å². The van der Waals surface area contributed by atoms with E-state index >= 15 is 0 Å². The van der Waals surface area contributed by atoms with Crippen molar-refractivity contribution in [1.82, 2.24) is 14.5 Å². The normalized spacial score (nSPS) is 10.8. The van der Waals surface area contributed by atoms with E-state index in [0.29, 0.717) is 5.95 Å². The Morgan fingerprint density at radius 1 is 1.00 bits per heavy atom. The van der Waals surface area contributed by atoms with Gasteiger partial charge in [-0.1, -0.05) is 12.1 Å². The lowest BCUT2D eigenvalue weighted by Gasteiger charge is -2.04. The maximum Gasteiger partial charge on any atom is 0.205 e. The van der Waals surface area contributed by atoms with Crippen LogP contribution in [0.5, 0.6) is 0 Å². The molecule has 16 heavy (non-hydrogen) atoms. The Morgan fingerprint density at radius 2 is 1.75 bits per heavy atom. The van der Waals surface area contributed by atoms with E-state index in [2.05, 4.69) is 9.97 Å². The van der Waals surface area contributed by atoms with E-state index in [1.54, 1.807) is 12.4 Å². The zero-order valence-electron chi connectivity index (χ0n) is 8.54. The number of hydrogen-bond donors (Lipinski definition) is 1. The van der Waals surface area contributed by atoms with Crippen LogP contribution in [0.25, 0.3) is 16.7 Å². The second-order valence-electron chi connectivity index (χ2n) is 3.50.